The SMILES string of the molecule is COc1ccc2c(c1)-c1c(sn(-c3cc(C)ccc3O)c1=S)C(C)(C)N2. The Hall–Kier alpha value is -2.31. The molecule has 0 fully saturated rings. The second-order valence-corrected chi connectivity index (χ2v) is 8.39. The molecule has 4 nitrogen and oxygen atoms in total. The Morgan fingerprint density at radius 1 is 1.19 bits per heavy atom. The number of phenolic OH excluding ortho intramolecular Hbond substituents is 1. The molecule has 6 heteroatoms. The van der Waals surface area contributed by atoms with E-state index in [2.05, 4.69) is 19.2 Å². The van der Waals surface area contributed by atoms with E-state index in [1.807, 2.05) is 41.2 Å². The van der Waals surface area contributed by atoms with Crippen molar-refractivity contribution in [3.63, 3.8) is 0 Å². The van der Waals surface area contributed by atoms with Crippen LogP contribution in [0.25, 0.3) is 16.8 Å². The summed E-state index contributed by atoms with van der Waals surface area (Å²) in [6.07, 6.45) is 0. The molecule has 4 rings (SSSR count). The predicted octanol–water partition coefficient (Wildman–Crippen LogP) is 5.62. The van der Waals surface area contributed by atoms with Crippen molar-refractivity contribution in [2.24, 2.45) is 0 Å². The van der Waals surface area contributed by atoms with E-state index in [1.165, 1.54) is 0 Å². The van der Waals surface area contributed by atoms with E-state index < -0.39 is 0 Å². The quantitative estimate of drug-likeness (QED) is 0.563. The highest BCUT2D eigenvalue weighted by Crippen LogP contribution is 2.48. The minimum absolute atomic E-state index is 0.224. The molecule has 3 aromatic rings. The fraction of sp³-hybridized carbons (Fsp3) is 0.250. The summed E-state index contributed by atoms with van der Waals surface area (Å²) in [5.74, 6) is 1.02. The monoisotopic (exact) mass is 384 g/mol. The van der Waals surface area contributed by atoms with Crippen LogP contribution in [0.1, 0.15) is 24.3 Å². The summed E-state index contributed by atoms with van der Waals surface area (Å²) in [7, 11) is 1.66. The van der Waals surface area contributed by atoms with Gasteiger partial charge < -0.3 is 15.2 Å². The molecule has 2 N–H and O–H groups in total. The molecule has 0 radical (unpaired) electrons. The van der Waals surface area contributed by atoms with Gasteiger partial charge >= 0.3 is 0 Å². The molecule has 134 valence electrons. The predicted molar refractivity (Wildman–Crippen MR) is 110 cm³/mol. The summed E-state index contributed by atoms with van der Waals surface area (Å²) in [6, 6.07) is 11.6. The lowest BCUT2D eigenvalue weighted by Crippen LogP contribution is -2.30. The summed E-state index contributed by atoms with van der Waals surface area (Å²) in [4.78, 5) is 1.14. The van der Waals surface area contributed by atoms with E-state index in [9.17, 15) is 5.11 Å². The standard InChI is InChI=1S/C20H20N2O2S2/c1-11-5-8-16(23)15(9-11)22-19(25)17-13-10-12(24-4)6-7-14(13)21-20(2,3)18(17)26-22/h5-10,21,23H,1-4H3. The summed E-state index contributed by atoms with van der Waals surface area (Å²) >= 11 is 7.42. The van der Waals surface area contributed by atoms with Gasteiger partial charge in [0.05, 0.1) is 23.2 Å². The van der Waals surface area contributed by atoms with Crippen LogP contribution in [0, 0.1) is 11.6 Å². The third-order valence-electron chi connectivity index (χ3n) is 4.67. The molecule has 1 aromatic heterocycles. The number of anilines is 1. The highest BCUT2D eigenvalue weighted by Gasteiger charge is 2.35. The number of phenols is 1. The van der Waals surface area contributed by atoms with E-state index in [-0.39, 0.29) is 11.3 Å². The molecule has 0 amide bonds. The highest BCUT2D eigenvalue weighted by molar-refractivity contribution is 7.71. The van der Waals surface area contributed by atoms with Crippen molar-refractivity contribution < 1.29 is 9.84 Å². The van der Waals surface area contributed by atoms with Crippen molar-refractivity contribution >= 4 is 29.4 Å². The van der Waals surface area contributed by atoms with Crippen molar-refractivity contribution in [2.45, 2.75) is 26.3 Å². The molecule has 2 heterocycles. The van der Waals surface area contributed by atoms with Crippen LogP contribution in [-0.2, 0) is 5.54 Å². The fourth-order valence-electron chi connectivity index (χ4n) is 3.36. The Balaban J connectivity index is 2.03. The lowest BCUT2D eigenvalue weighted by Gasteiger charge is -2.33. The Morgan fingerprint density at radius 2 is 1.96 bits per heavy atom. The summed E-state index contributed by atoms with van der Waals surface area (Å²) in [5, 5.41) is 14.0. The number of methoxy groups -OCH3 is 1. The number of aryl methyl sites for hydroxylation is 1. The first-order valence-corrected chi connectivity index (χ1v) is 9.53. The van der Waals surface area contributed by atoms with Gasteiger partial charge in [0, 0.05) is 16.8 Å². The molecule has 0 saturated heterocycles. The normalized spacial score (nSPS) is 14.3. The average Bonchev–Trinajstić information content (AvgIpc) is 2.95. The summed E-state index contributed by atoms with van der Waals surface area (Å²) < 4.78 is 8.06. The number of rotatable bonds is 2. The molecule has 0 bridgehead atoms. The van der Waals surface area contributed by atoms with Gasteiger partial charge in [-0.3, -0.25) is 3.96 Å². The van der Waals surface area contributed by atoms with Gasteiger partial charge in [0.25, 0.3) is 0 Å². The minimum atomic E-state index is -0.264. The lowest BCUT2D eigenvalue weighted by atomic mass is 9.90. The second kappa shape index (κ2) is 5.86. The average molecular weight is 385 g/mol. The van der Waals surface area contributed by atoms with Crippen LogP contribution in [0.4, 0.5) is 5.69 Å². The third-order valence-corrected chi connectivity index (χ3v) is 6.63. The molecule has 0 aliphatic carbocycles. The number of hydrogen-bond donors (Lipinski definition) is 2. The van der Waals surface area contributed by atoms with Crippen LogP contribution >= 0.6 is 23.8 Å². The molecule has 0 spiro atoms. The first-order valence-electron chi connectivity index (χ1n) is 8.35. The van der Waals surface area contributed by atoms with E-state index >= 15 is 0 Å². The van der Waals surface area contributed by atoms with Crippen LogP contribution in [0.3, 0.4) is 0 Å². The van der Waals surface area contributed by atoms with Gasteiger partial charge in [0.2, 0.25) is 0 Å². The summed E-state index contributed by atoms with van der Waals surface area (Å²) in [6.45, 7) is 6.29. The van der Waals surface area contributed by atoms with E-state index in [1.54, 1.807) is 24.7 Å². The minimum Gasteiger partial charge on any atom is -0.506 e. The van der Waals surface area contributed by atoms with E-state index in [0.717, 1.165) is 38.7 Å². The topological polar surface area (TPSA) is 46.4 Å². The molecule has 1 aliphatic rings. The van der Waals surface area contributed by atoms with Gasteiger partial charge in [0.15, 0.2) is 0 Å². The molecule has 26 heavy (non-hydrogen) atoms. The highest BCUT2D eigenvalue weighted by atomic mass is 32.1. The van der Waals surface area contributed by atoms with Crippen molar-refractivity contribution in [3.8, 4) is 28.3 Å². The van der Waals surface area contributed by atoms with Gasteiger partial charge in [-0.05, 0) is 56.7 Å². The second-order valence-electron chi connectivity index (χ2n) is 7.05. The van der Waals surface area contributed by atoms with Gasteiger partial charge in [-0.1, -0.05) is 29.8 Å². The van der Waals surface area contributed by atoms with Gasteiger partial charge in [-0.15, -0.1) is 0 Å². The number of nitrogens with one attached hydrogen (secondary N) is 1. The molecule has 0 saturated carbocycles. The molecule has 1 aliphatic heterocycles. The largest absolute Gasteiger partial charge is 0.506 e. The molecular formula is C20H20N2O2S2. The number of fused-ring (bicyclic) bond motifs is 3. The number of benzene rings is 2. The Morgan fingerprint density at radius 3 is 2.69 bits per heavy atom. The van der Waals surface area contributed by atoms with Crippen LogP contribution in [0.2, 0.25) is 0 Å². The zero-order chi connectivity index (χ0) is 18.6. The zero-order valence-corrected chi connectivity index (χ0v) is 16.7. The molecular weight excluding hydrogens is 364 g/mol. The van der Waals surface area contributed by atoms with Crippen molar-refractivity contribution in [1.29, 1.82) is 0 Å². The third kappa shape index (κ3) is 2.52. The van der Waals surface area contributed by atoms with Crippen molar-refractivity contribution in [2.75, 3.05) is 12.4 Å². The molecule has 0 unspecified atom stereocenters. The first-order chi connectivity index (χ1) is 12.3. The summed E-state index contributed by atoms with van der Waals surface area (Å²) in [5.41, 5.74) is 4.63. The van der Waals surface area contributed by atoms with E-state index in [4.69, 9.17) is 17.0 Å². The Labute approximate surface area is 161 Å². The van der Waals surface area contributed by atoms with Crippen LogP contribution in [0.5, 0.6) is 11.5 Å². The maximum Gasteiger partial charge on any atom is 0.140 e. The Bertz CT molecular complexity index is 1080. The van der Waals surface area contributed by atoms with Crippen LogP contribution < -0.4 is 10.1 Å². The molecule has 2 aromatic carbocycles. The first kappa shape index (κ1) is 17.1. The molecule has 0 atom stereocenters. The zero-order valence-electron chi connectivity index (χ0n) is 15.1. The number of aromatic hydroxyl groups is 1. The van der Waals surface area contributed by atoms with E-state index in [0.29, 0.717) is 4.64 Å². The number of nitrogens with zero attached hydrogens (tertiary/aromatic N) is 1. The fourth-order valence-corrected chi connectivity index (χ4v) is 5.02. The van der Waals surface area contributed by atoms with Crippen molar-refractivity contribution in [1.82, 2.24) is 3.96 Å². The smallest absolute Gasteiger partial charge is 0.140 e. The van der Waals surface area contributed by atoms with Crippen molar-refractivity contribution in [3.05, 3.63) is 51.5 Å². The Kier molecular flexibility index (Phi) is 3.86. The number of ether oxygens (including phenoxy) is 1. The van der Waals surface area contributed by atoms with Gasteiger partial charge in [-0.2, -0.15) is 0 Å². The number of hydrogen-bond acceptors (Lipinski definition) is 5. The van der Waals surface area contributed by atoms with Gasteiger partial charge in [0.1, 0.15) is 16.1 Å². The van der Waals surface area contributed by atoms with Crippen LogP contribution in [0.15, 0.2) is 36.4 Å². The maximum atomic E-state index is 10.4. The maximum absolute atomic E-state index is 10.4. The van der Waals surface area contributed by atoms with Gasteiger partial charge in [-0.25, -0.2) is 0 Å². The lowest BCUT2D eigenvalue weighted by molar-refractivity contribution is 0.415. The van der Waals surface area contributed by atoms with Crippen LogP contribution in [-0.4, -0.2) is 16.2 Å². The number of aromatic nitrogens is 1.